The van der Waals surface area contributed by atoms with Crippen LogP contribution in [0.4, 0.5) is 0 Å². The van der Waals surface area contributed by atoms with Gasteiger partial charge in [0.05, 0.1) is 27.4 Å². The maximum Gasteiger partial charge on any atom is 0.171 e. The molecular formula is C37H34Cl2O6S4. The Morgan fingerprint density at radius 1 is 0.490 bits per heavy atom. The Hall–Kier alpha value is -2.54. The monoisotopic (exact) mass is 772 g/mol. The van der Waals surface area contributed by atoms with Crippen LogP contribution in [0.25, 0.3) is 19.6 Å². The molecule has 0 N–H and O–H groups in total. The van der Waals surface area contributed by atoms with Crippen molar-refractivity contribution in [1.82, 2.24) is 0 Å². The molecular weight excluding hydrogens is 740 g/mol. The van der Waals surface area contributed by atoms with Crippen LogP contribution in [0.5, 0.6) is 23.0 Å². The largest absolute Gasteiger partial charge is 0.493 e. The second-order valence-corrected chi connectivity index (χ2v) is 17.9. The Morgan fingerprint density at radius 2 is 0.898 bits per heavy atom. The minimum atomic E-state index is -0.435. The molecule has 12 heteroatoms. The molecule has 0 unspecified atom stereocenters. The number of halogens is 2. The zero-order valence-corrected chi connectivity index (χ0v) is 32.0. The molecule has 2 aliphatic heterocycles. The van der Waals surface area contributed by atoms with Crippen molar-refractivity contribution in [3.8, 4) is 23.0 Å². The highest BCUT2D eigenvalue weighted by Crippen LogP contribution is 2.78. The van der Waals surface area contributed by atoms with Gasteiger partial charge in [0.15, 0.2) is 25.7 Å². The van der Waals surface area contributed by atoms with Gasteiger partial charge >= 0.3 is 0 Å². The fraction of sp³-hybridized carbons (Fsp3) is 0.243. The number of hydrogen-bond donors (Lipinski definition) is 0. The van der Waals surface area contributed by atoms with Gasteiger partial charge in [0.1, 0.15) is 13.2 Å². The third kappa shape index (κ3) is 8.02. The summed E-state index contributed by atoms with van der Waals surface area (Å²) in [5.74, 6) is 2.61. The maximum absolute atomic E-state index is 6.88. The van der Waals surface area contributed by atoms with E-state index in [9.17, 15) is 0 Å². The standard InChI is InChI=1S/C37H34Cl2O6S4/c1-40-17-19-44-29-15-13-23(21-31(29)42-3)33-35(25-9-5-7-11-27(25)38)48-37(46-33)47-34(36(49-37)26-10-6-8-12-28(26)39)24-14-16-30(32(22-24)43-4)45-20-18-41-2/h5-16,21-22H,17-20H2,1-4H3. The smallest absolute Gasteiger partial charge is 0.171 e. The van der Waals surface area contributed by atoms with E-state index >= 15 is 0 Å². The molecule has 0 atom stereocenters. The van der Waals surface area contributed by atoms with Crippen molar-refractivity contribution < 1.29 is 28.4 Å². The Morgan fingerprint density at radius 3 is 1.29 bits per heavy atom. The number of rotatable bonds is 14. The van der Waals surface area contributed by atoms with Crippen LogP contribution >= 0.6 is 70.2 Å². The summed E-state index contributed by atoms with van der Waals surface area (Å²) in [6.45, 7) is 1.81. The predicted octanol–water partition coefficient (Wildman–Crippen LogP) is 11.0. The second-order valence-electron chi connectivity index (χ2n) is 10.6. The van der Waals surface area contributed by atoms with Crippen LogP contribution in [0, 0.1) is 0 Å². The SMILES string of the molecule is COCCOc1ccc(C2=C(c3ccccc3Cl)SC3(S2)SC(c2ccc(OCCOC)c(OC)c2)=C(c2ccccc2Cl)S3)cc1OC. The van der Waals surface area contributed by atoms with Crippen LogP contribution < -0.4 is 18.9 Å². The summed E-state index contributed by atoms with van der Waals surface area (Å²) < 4.78 is 33.4. The van der Waals surface area contributed by atoms with Crippen molar-refractivity contribution in [3.05, 3.63) is 117 Å². The third-order valence-corrected chi connectivity index (χ3v) is 15.0. The Balaban J connectivity index is 1.42. The molecule has 0 aliphatic carbocycles. The lowest BCUT2D eigenvalue weighted by Crippen LogP contribution is -2.05. The van der Waals surface area contributed by atoms with Gasteiger partial charge in [-0.3, -0.25) is 0 Å². The van der Waals surface area contributed by atoms with Crippen molar-refractivity contribution in [3.63, 3.8) is 0 Å². The van der Waals surface area contributed by atoms with Crippen LogP contribution in [0.15, 0.2) is 84.9 Å². The zero-order valence-electron chi connectivity index (χ0n) is 27.2. The third-order valence-electron chi connectivity index (χ3n) is 7.50. The molecule has 0 amide bonds. The van der Waals surface area contributed by atoms with Crippen LogP contribution in [0.3, 0.4) is 0 Å². The van der Waals surface area contributed by atoms with E-state index in [1.165, 1.54) is 0 Å². The zero-order chi connectivity index (χ0) is 34.4. The predicted molar refractivity (Wildman–Crippen MR) is 210 cm³/mol. The first-order chi connectivity index (χ1) is 23.9. The van der Waals surface area contributed by atoms with Crippen molar-refractivity contribution in [1.29, 1.82) is 0 Å². The van der Waals surface area contributed by atoms with Crippen molar-refractivity contribution in [2.24, 2.45) is 0 Å². The maximum atomic E-state index is 6.88. The van der Waals surface area contributed by atoms with Gasteiger partial charge in [-0.25, -0.2) is 0 Å². The molecule has 0 saturated heterocycles. The van der Waals surface area contributed by atoms with Crippen LogP contribution in [0.1, 0.15) is 22.3 Å². The quantitative estimate of drug-likeness (QED) is 0.116. The number of hydrogen-bond acceptors (Lipinski definition) is 10. The normalized spacial score (nSPS) is 15.3. The molecule has 0 fully saturated rings. The van der Waals surface area contributed by atoms with Gasteiger partial charge in [0.25, 0.3) is 0 Å². The number of ether oxygens (including phenoxy) is 6. The van der Waals surface area contributed by atoms with Crippen molar-refractivity contribution in [2.45, 2.75) is 2.74 Å². The molecule has 49 heavy (non-hydrogen) atoms. The molecule has 256 valence electrons. The highest BCUT2D eigenvalue weighted by Gasteiger charge is 2.50. The van der Waals surface area contributed by atoms with Gasteiger partial charge < -0.3 is 28.4 Å². The fourth-order valence-electron chi connectivity index (χ4n) is 5.16. The minimum absolute atomic E-state index is 0.422. The molecule has 0 saturated carbocycles. The molecule has 2 aliphatic rings. The first kappa shape index (κ1) is 36.3. The van der Waals surface area contributed by atoms with Crippen molar-refractivity contribution in [2.75, 3.05) is 54.9 Å². The summed E-state index contributed by atoms with van der Waals surface area (Å²) in [7, 11) is 6.61. The molecule has 0 aromatic heterocycles. The molecule has 0 radical (unpaired) electrons. The Labute approximate surface area is 314 Å². The highest BCUT2D eigenvalue weighted by atomic mass is 35.5. The van der Waals surface area contributed by atoms with Gasteiger partial charge in [-0.1, -0.05) is 107 Å². The molecule has 0 bridgehead atoms. The molecule has 6 nitrogen and oxygen atoms in total. The van der Waals surface area contributed by atoms with Gasteiger partial charge in [0, 0.05) is 55.0 Å². The van der Waals surface area contributed by atoms with Gasteiger partial charge in [-0.05, 0) is 59.7 Å². The summed E-state index contributed by atoms with van der Waals surface area (Å²) in [4.78, 5) is 4.37. The van der Waals surface area contributed by atoms with E-state index in [4.69, 9.17) is 51.6 Å². The lowest BCUT2D eigenvalue weighted by Gasteiger charge is -2.21. The highest BCUT2D eigenvalue weighted by molar-refractivity contribution is 8.58. The number of methoxy groups -OCH3 is 4. The summed E-state index contributed by atoms with van der Waals surface area (Å²) in [5.41, 5.74) is 3.96. The summed E-state index contributed by atoms with van der Waals surface area (Å²) in [5, 5.41) is 1.38. The lowest BCUT2D eigenvalue weighted by molar-refractivity contribution is 0.144. The van der Waals surface area contributed by atoms with E-state index in [1.54, 1.807) is 75.5 Å². The van der Waals surface area contributed by atoms with E-state index in [1.807, 2.05) is 60.7 Å². The van der Waals surface area contributed by atoms with Crippen LogP contribution in [0.2, 0.25) is 10.0 Å². The summed E-state index contributed by atoms with van der Waals surface area (Å²) in [6, 6.07) is 28.1. The van der Waals surface area contributed by atoms with Gasteiger partial charge in [0.2, 0.25) is 0 Å². The Bertz CT molecular complexity index is 1750. The molecule has 2 heterocycles. The summed E-state index contributed by atoms with van der Waals surface area (Å²) >= 11 is 21.0. The molecule has 1 spiro atoms. The van der Waals surface area contributed by atoms with Gasteiger partial charge in [-0.15, -0.1) is 0 Å². The van der Waals surface area contributed by atoms with E-state index in [2.05, 4.69) is 24.3 Å². The molecule has 6 rings (SSSR count). The van der Waals surface area contributed by atoms with Gasteiger partial charge in [-0.2, -0.15) is 0 Å². The van der Waals surface area contributed by atoms with E-state index < -0.39 is 2.74 Å². The average molecular weight is 774 g/mol. The van der Waals surface area contributed by atoms with E-state index in [0.29, 0.717) is 59.5 Å². The van der Waals surface area contributed by atoms with E-state index in [-0.39, 0.29) is 0 Å². The molecule has 4 aromatic carbocycles. The topological polar surface area (TPSA) is 55.4 Å². The average Bonchev–Trinajstić information content (AvgIpc) is 3.68. The summed E-state index contributed by atoms with van der Waals surface area (Å²) in [6.07, 6.45) is 0. The van der Waals surface area contributed by atoms with E-state index in [0.717, 1.165) is 41.9 Å². The first-order valence-corrected chi connectivity index (χ1v) is 19.3. The van der Waals surface area contributed by atoms with Crippen LogP contribution in [-0.2, 0) is 9.47 Å². The van der Waals surface area contributed by atoms with Crippen molar-refractivity contribution >= 4 is 89.9 Å². The minimum Gasteiger partial charge on any atom is -0.493 e. The Kier molecular flexibility index (Phi) is 12.3. The molecule has 4 aromatic rings. The second kappa shape index (κ2) is 16.7. The fourth-order valence-corrected chi connectivity index (χ4v) is 13.1. The lowest BCUT2D eigenvalue weighted by atomic mass is 10.1. The first-order valence-electron chi connectivity index (χ1n) is 15.2. The number of thioether (sulfide) groups is 4. The number of benzene rings is 4. The van der Waals surface area contributed by atoms with Crippen LogP contribution in [-0.4, -0.2) is 57.6 Å².